The van der Waals surface area contributed by atoms with Gasteiger partial charge in [-0.15, -0.1) is 0 Å². The van der Waals surface area contributed by atoms with Gasteiger partial charge in [-0.1, -0.05) is 11.6 Å². The number of hydrogen-bond acceptors (Lipinski definition) is 8. The molecular formula is C21H37FN6O2. The maximum atomic E-state index is 13.5. The van der Waals surface area contributed by atoms with Gasteiger partial charge in [0.25, 0.3) is 0 Å². The largest absolute Gasteiger partial charge is 0.396 e. The quantitative estimate of drug-likeness (QED) is 0.141. The number of aliphatic hydroxyl groups excluding tert-OH is 2. The van der Waals surface area contributed by atoms with Gasteiger partial charge in [0.15, 0.2) is 0 Å². The summed E-state index contributed by atoms with van der Waals surface area (Å²) >= 11 is 0. The predicted molar refractivity (Wildman–Crippen MR) is 115 cm³/mol. The Labute approximate surface area is 178 Å². The first-order chi connectivity index (χ1) is 14.5. The summed E-state index contributed by atoms with van der Waals surface area (Å²) in [7, 11) is 0. The van der Waals surface area contributed by atoms with E-state index in [-0.39, 0.29) is 30.9 Å². The fraction of sp³-hybridized carbons (Fsp3) is 0.714. The van der Waals surface area contributed by atoms with E-state index < -0.39 is 12.4 Å². The van der Waals surface area contributed by atoms with Crippen molar-refractivity contribution >= 4 is 0 Å². The molecule has 3 aliphatic rings. The lowest BCUT2D eigenvalue weighted by molar-refractivity contribution is 0.0760. The van der Waals surface area contributed by atoms with Gasteiger partial charge in [-0.25, -0.2) is 4.39 Å². The summed E-state index contributed by atoms with van der Waals surface area (Å²) in [6.07, 6.45) is 9.54. The minimum Gasteiger partial charge on any atom is -0.396 e. The van der Waals surface area contributed by atoms with Crippen LogP contribution in [0.3, 0.4) is 0 Å². The second kappa shape index (κ2) is 11.5. The van der Waals surface area contributed by atoms with Crippen LogP contribution in [-0.4, -0.2) is 60.7 Å². The third-order valence-electron chi connectivity index (χ3n) is 5.85. The van der Waals surface area contributed by atoms with Crippen molar-refractivity contribution in [1.29, 1.82) is 0 Å². The molecule has 2 aliphatic heterocycles. The van der Waals surface area contributed by atoms with Gasteiger partial charge in [-0.05, 0) is 51.6 Å². The van der Waals surface area contributed by atoms with Crippen molar-refractivity contribution in [3.63, 3.8) is 0 Å². The van der Waals surface area contributed by atoms with Crippen molar-refractivity contribution in [2.75, 3.05) is 19.7 Å². The SMILES string of the molecule is C[C@H](NC1=CC(C(O)NCCCO)CC(NC2CNC=CN2)N1)C1=CC[C@@H](F)CC1. The summed E-state index contributed by atoms with van der Waals surface area (Å²) < 4.78 is 13.5. The van der Waals surface area contributed by atoms with Crippen LogP contribution in [-0.2, 0) is 0 Å². The highest BCUT2D eigenvalue weighted by Crippen LogP contribution is 2.24. The van der Waals surface area contributed by atoms with Gasteiger partial charge >= 0.3 is 0 Å². The van der Waals surface area contributed by atoms with Crippen molar-refractivity contribution in [2.24, 2.45) is 5.92 Å². The molecule has 8 N–H and O–H groups in total. The van der Waals surface area contributed by atoms with Gasteiger partial charge in [0, 0.05) is 37.5 Å². The van der Waals surface area contributed by atoms with Gasteiger partial charge in [0.1, 0.15) is 12.4 Å². The van der Waals surface area contributed by atoms with E-state index in [1.54, 1.807) is 0 Å². The Morgan fingerprint density at radius 3 is 2.87 bits per heavy atom. The number of aliphatic hydroxyl groups is 2. The molecule has 30 heavy (non-hydrogen) atoms. The minimum atomic E-state index is -0.725. The highest BCUT2D eigenvalue weighted by Gasteiger charge is 2.29. The molecule has 0 aromatic rings. The van der Waals surface area contributed by atoms with E-state index in [1.165, 1.54) is 5.57 Å². The van der Waals surface area contributed by atoms with E-state index in [4.69, 9.17) is 5.11 Å². The van der Waals surface area contributed by atoms with Gasteiger partial charge in [0.2, 0.25) is 0 Å². The van der Waals surface area contributed by atoms with E-state index >= 15 is 0 Å². The molecule has 3 rings (SSSR count). The van der Waals surface area contributed by atoms with Crippen molar-refractivity contribution < 1.29 is 14.6 Å². The van der Waals surface area contributed by atoms with Gasteiger partial charge in [-0.3, -0.25) is 10.6 Å². The Kier molecular flexibility index (Phi) is 8.80. The average molecular weight is 425 g/mol. The molecule has 0 aromatic carbocycles. The van der Waals surface area contributed by atoms with E-state index in [0.717, 1.165) is 18.8 Å². The molecule has 1 aliphatic carbocycles. The fourth-order valence-electron chi connectivity index (χ4n) is 4.11. The number of alkyl halides is 1. The van der Waals surface area contributed by atoms with Crippen LogP contribution in [0.5, 0.6) is 0 Å². The molecule has 0 aromatic heterocycles. The molecule has 0 saturated carbocycles. The Hall–Kier alpha value is -1.81. The van der Waals surface area contributed by atoms with E-state index in [2.05, 4.69) is 38.8 Å². The van der Waals surface area contributed by atoms with Crippen LogP contribution in [0.15, 0.2) is 35.9 Å². The molecule has 6 atom stereocenters. The molecule has 0 saturated heterocycles. The van der Waals surface area contributed by atoms with Crippen molar-refractivity contribution in [1.82, 2.24) is 31.9 Å². The predicted octanol–water partition coefficient (Wildman–Crippen LogP) is 0.0600. The first-order valence-electron chi connectivity index (χ1n) is 11.1. The first kappa shape index (κ1) is 22.9. The Morgan fingerprint density at radius 2 is 2.17 bits per heavy atom. The lowest BCUT2D eigenvalue weighted by atomic mass is 9.93. The van der Waals surface area contributed by atoms with Crippen LogP contribution in [0.25, 0.3) is 0 Å². The first-order valence-corrected chi connectivity index (χ1v) is 11.1. The molecule has 0 radical (unpaired) electrons. The molecule has 9 heteroatoms. The summed E-state index contributed by atoms with van der Waals surface area (Å²) in [5.41, 5.74) is 1.23. The highest BCUT2D eigenvalue weighted by atomic mass is 19.1. The number of nitrogens with one attached hydrogen (secondary N) is 6. The number of hydrogen-bond donors (Lipinski definition) is 8. The Balaban J connectivity index is 1.63. The van der Waals surface area contributed by atoms with Crippen molar-refractivity contribution in [3.05, 3.63) is 35.9 Å². The summed E-state index contributed by atoms with van der Waals surface area (Å²) in [4.78, 5) is 0. The van der Waals surface area contributed by atoms with Gasteiger partial charge < -0.3 is 31.5 Å². The number of rotatable bonds is 10. The Morgan fingerprint density at radius 1 is 1.30 bits per heavy atom. The minimum absolute atomic E-state index is 0.0367. The molecule has 8 nitrogen and oxygen atoms in total. The Bertz CT molecular complexity index is 629. The van der Waals surface area contributed by atoms with Gasteiger partial charge in [-0.2, -0.15) is 0 Å². The molecule has 170 valence electrons. The molecule has 2 heterocycles. The van der Waals surface area contributed by atoms with Gasteiger partial charge in [0.05, 0.1) is 18.2 Å². The van der Waals surface area contributed by atoms with E-state index in [1.807, 2.05) is 24.6 Å². The lowest BCUT2D eigenvalue weighted by Crippen LogP contribution is -2.59. The van der Waals surface area contributed by atoms with Crippen LogP contribution in [0.2, 0.25) is 0 Å². The second-order valence-corrected chi connectivity index (χ2v) is 8.30. The molecule has 0 spiro atoms. The van der Waals surface area contributed by atoms with Crippen LogP contribution in [0.1, 0.15) is 39.0 Å². The smallest absolute Gasteiger partial charge is 0.111 e. The third kappa shape index (κ3) is 6.87. The maximum absolute atomic E-state index is 13.5. The zero-order chi connectivity index (χ0) is 21.3. The monoisotopic (exact) mass is 424 g/mol. The molecule has 0 bridgehead atoms. The highest BCUT2D eigenvalue weighted by molar-refractivity contribution is 5.18. The van der Waals surface area contributed by atoms with E-state index in [9.17, 15) is 9.50 Å². The fourth-order valence-corrected chi connectivity index (χ4v) is 4.11. The molecule has 0 fully saturated rings. The van der Waals surface area contributed by atoms with Crippen molar-refractivity contribution in [3.8, 4) is 0 Å². The second-order valence-electron chi connectivity index (χ2n) is 8.30. The van der Waals surface area contributed by atoms with Crippen molar-refractivity contribution in [2.45, 2.75) is 69.8 Å². The summed E-state index contributed by atoms with van der Waals surface area (Å²) in [6, 6.07) is 0.0903. The summed E-state index contributed by atoms with van der Waals surface area (Å²) in [5.74, 6) is 0.765. The topological polar surface area (TPSA) is 113 Å². The standard InChI is InChI=1S/C21H37FN6O2/c1-14(15-3-5-17(22)6-4-15)26-18-11-16(21(30)25-7-2-10-29)12-19(27-18)28-20-13-23-8-9-24-20/h3,8-9,11,14,16-17,19-21,23-30H,2,4-7,10,12-13H2,1H3/t14-,16?,17+,19?,20?,21?/m0/s1. The molecule has 0 amide bonds. The van der Waals surface area contributed by atoms with Crippen LogP contribution >= 0.6 is 0 Å². The average Bonchev–Trinajstić information content (AvgIpc) is 2.75. The zero-order valence-corrected chi connectivity index (χ0v) is 17.7. The normalized spacial score (nSPS) is 30.8. The number of halogens is 1. The maximum Gasteiger partial charge on any atom is 0.111 e. The summed E-state index contributed by atoms with van der Waals surface area (Å²) in [5, 5.41) is 39.7. The molecule has 4 unspecified atom stereocenters. The van der Waals surface area contributed by atoms with Crippen LogP contribution < -0.4 is 31.9 Å². The zero-order valence-electron chi connectivity index (χ0n) is 17.7. The third-order valence-corrected chi connectivity index (χ3v) is 5.85. The molecular weight excluding hydrogens is 387 g/mol. The van der Waals surface area contributed by atoms with Crippen LogP contribution in [0, 0.1) is 5.92 Å². The lowest BCUT2D eigenvalue weighted by Gasteiger charge is -2.37. The van der Waals surface area contributed by atoms with Crippen LogP contribution in [0.4, 0.5) is 4.39 Å². The summed E-state index contributed by atoms with van der Waals surface area (Å²) in [6.45, 7) is 3.50. The number of allylic oxidation sites excluding steroid dienone is 1. The van der Waals surface area contributed by atoms with E-state index in [0.29, 0.717) is 32.2 Å².